The quantitative estimate of drug-likeness (QED) is 0.785. The highest BCUT2D eigenvalue weighted by Gasteiger charge is 2.18. The molecule has 0 aliphatic rings. The van der Waals surface area contributed by atoms with Crippen molar-refractivity contribution >= 4 is 27.5 Å². The van der Waals surface area contributed by atoms with Crippen molar-refractivity contribution in [2.45, 2.75) is 11.4 Å². The van der Waals surface area contributed by atoms with Gasteiger partial charge in [-0.2, -0.15) is 0 Å². The highest BCUT2D eigenvalue weighted by Crippen LogP contribution is 2.28. The molecule has 9 heteroatoms. The van der Waals surface area contributed by atoms with Gasteiger partial charge in [0.25, 0.3) is 5.91 Å². The first kappa shape index (κ1) is 19.2. The number of benzene rings is 1. The number of carbonyl (C=O) groups excluding carboxylic acids is 1. The lowest BCUT2D eigenvalue weighted by Gasteiger charge is -2.13. The van der Waals surface area contributed by atoms with Crippen molar-refractivity contribution in [1.82, 2.24) is 14.6 Å². The lowest BCUT2D eigenvalue weighted by molar-refractivity contribution is -0.123. The zero-order chi connectivity index (χ0) is 18.4. The third-order valence-electron chi connectivity index (χ3n) is 3.25. The number of rotatable bonds is 7. The summed E-state index contributed by atoms with van der Waals surface area (Å²) >= 11 is 6.05. The molecule has 1 amide bonds. The molecule has 0 spiro atoms. The lowest BCUT2D eigenvalue weighted by atomic mass is 10.3. The van der Waals surface area contributed by atoms with Crippen LogP contribution in [0, 0.1) is 0 Å². The fraction of sp³-hybridized carbons (Fsp3) is 0.250. The Kier molecular flexibility index (Phi) is 6.35. The summed E-state index contributed by atoms with van der Waals surface area (Å²) in [4.78, 5) is 15.8. The molecular formula is C16H18ClN3O4S. The molecule has 0 atom stereocenters. The Morgan fingerprint density at radius 3 is 2.68 bits per heavy atom. The third-order valence-corrected chi connectivity index (χ3v) is 5.36. The van der Waals surface area contributed by atoms with E-state index < -0.39 is 10.0 Å². The summed E-state index contributed by atoms with van der Waals surface area (Å²) in [5, 5.41) is 2.80. The molecule has 0 aliphatic heterocycles. The van der Waals surface area contributed by atoms with Crippen LogP contribution in [0.15, 0.2) is 47.6 Å². The van der Waals surface area contributed by atoms with E-state index in [9.17, 15) is 13.2 Å². The van der Waals surface area contributed by atoms with Crippen LogP contribution in [0.4, 0.5) is 0 Å². The second-order valence-corrected chi connectivity index (χ2v) is 7.87. The van der Waals surface area contributed by atoms with E-state index in [1.54, 1.807) is 18.5 Å². The van der Waals surface area contributed by atoms with Crippen LogP contribution >= 0.6 is 11.6 Å². The molecule has 25 heavy (non-hydrogen) atoms. The van der Waals surface area contributed by atoms with Crippen LogP contribution in [0.3, 0.4) is 0 Å². The van der Waals surface area contributed by atoms with Crippen molar-refractivity contribution < 1.29 is 17.9 Å². The largest absolute Gasteiger partial charge is 0.482 e. The van der Waals surface area contributed by atoms with Gasteiger partial charge in [-0.3, -0.25) is 9.78 Å². The van der Waals surface area contributed by atoms with E-state index in [1.165, 1.54) is 32.3 Å². The van der Waals surface area contributed by atoms with Gasteiger partial charge in [0.15, 0.2) is 6.61 Å². The molecule has 0 saturated carbocycles. The van der Waals surface area contributed by atoms with Crippen LogP contribution in [-0.2, 0) is 21.4 Å². The first-order valence-electron chi connectivity index (χ1n) is 7.31. The normalized spacial score (nSPS) is 11.4. The highest BCUT2D eigenvalue weighted by molar-refractivity contribution is 7.89. The van der Waals surface area contributed by atoms with E-state index in [0.29, 0.717) is 6.54 Å². The van der Waals surface area contributed by atoms with Crippen molar-refractivity contribution in [2.75, 3.05) is 20.7 Å². The van der Waals surface area contributed by atoms with Crippen molar-refractivity contribution in [3.05, 3.63) is 53.3 Å². The van der Waals surface area contributed by atoms with Crippen LogP contribution in [0.25, 0.3) is 0 Å². The maximum absolute atomic E-state index is 12.0. The molecule has 1 N–H and O–H groups in total. The Morgan fingerprint density at radius 1 is 1.32 bits per heavy atom. The van der Waals surface area contributed by atoms with Crippen LogP contribution in [0.2, 0.25) is 5.02 Å². The number of nitrogens with zero attached hydrogens (tertiary/aromatic N) is 2. The molecule has 0 aliphatic carbocycles. The first-order chi connectivity index (χ1) is 11.8. The number of ether oxygens (including phenoxy) is 1. The molecule has 0 unspecified atom stereocenters. The van der Waals surface area contributed by atoms with Gasteiger partial charge in [0.05, 0.1) is 9.92 Å². The summed E-state index contributed by atoms with van der Waals surface area (Å²) < 4.78 is 30.5. The molecule has 2 aromatic rings. The molecule has 0 fully saturated rings. The topological polar surface area (TPSA) is 88.6 Å². The predicted octanol–water partition coefficient (Wildman–Crippen LogP) is 1.68. The first-order valence-corrected chi connectivity index (χ1v) is 9.13. The number of hydrogen-bond acceptors (Lipinski definition) is 5. The number of sulfonamides is 1. The van der Waals surface area contributed by atoms with Gasteiger partial charge >= 0.3 is 0 Å². The van der Waals surface area contributed by atoms with Gasteiger partial charge in [0, 0.05) is 33.0 Å². The average molecular weight is 384 g/mol. The second-order valence-electron chi connectivity index (χ2n) is 5.31. The monoisotopic (exact) mass is 383 g/mol. The Hall–Kier alpha value is -2.16. The summed E-state index contributed by atoms with van der Waals surface area (Å²) in [7, 11) is -0.717. The number of nitrogens with one attached hydrogen (secondary N) is 1. The summed E-state index contributed by atoms with van der Waals surface area (Å²) in [6.07, 6.45) is 3.30. The van der Waals surface area contributed by atoms with Crippen molar-refractivity contribution in [2.24, 2.45) is 0 Å². The van der Waals surface area contributed by atoms with Gasteiger partial charge in [-0.05, 0) is 29.8 Å². The number of carbonyl (C=O) groups is 1. The molecule has 2 rings (SSSR count). The third kappa shape index (κ3) is 5.15. The average Bonchev–Trinajstić information content (AvgIpc) is 2.59. The molecule has 134 valence electrons. The van der Waals surface area contributed by atoms with Crippen LogP contribution < -0.4 is 10.1 Å². The van der Waals surface area contributed by atoms with Crippen molar-refractivity contribution in [3.8, 4) is 5.75 Å². The minimum Gasteiger partial charge on any atom is -0.482 e. The molecule has 7 nitrogen and oxygen atoms in total. The number of amides is 1. The molecule has 1 heterocycles. The number of halogens is 1. The predicted molar refractivity (Wildman–Crippen MR) is 93.9 cm³/mol. The van der Waals surface area contributed by atoms with Gasteiger partial charge in [0.1, 0.15) is 5.75 Å². The van der Waals surface area contributed by atoms with Gasteiger partial charge in [-0.1, -0.05) is 17.7 Å². The van der Waals surface area contributed by atoms with Gasteiger partial charge < -0.3 is 10.1 Å². The minimum atomic E-state index is -3.58. The smallest absolute Gasteiger partial charge is 0.258 e. The highest BCUT2D eigenvalue weighted by atomic mass is 35.5. The minimum absolute atomic E-state index is 0.0517. The van der Waals surface area contributed by atoms with Crippen LogP contribution in [0.5, 0.6) is 5.75 Å². The Bertz CT molecular complexity index is 842. The van der Waals surface area contributed by atoms with Gasteiger partial charge in [-0.25, -0.2) is 12.7 Å². The fourth-order valence-corrected chi connectivity index (χ4v) is 3.10. The van der Waals surface area contributed by atoms with E-state index in [4.69, 9.17) is 16.3 Å². The molecule has 0 saturated heterocycles. The van der Waals surface area contributed by atoms with E-state index >= 15 is 0 Å². The summed E-state index contributed by atoms with van der Waals surface area (Å²) in [6.45, 7) is 0.101. The standard InChI is InChI=1S/C16H18ClN3O4S/c1-20(2)25(22,23)13-5-6-15(14(17)8-13)24-11-16(21)19-10-12-4-3-7-18-9-12/h3-9H,10-11H2,1-2H3,(H,19,21). The molecule has 1 aromatic heterocycles. The number of pyridine rings is 1. The van der Waals surface area contributed by atoms with E-state index in [1.807, 2.05) is 6.07 Å². The molecular weight excluding hydrogens is 366 g/mol. The maximum Gasteiger partial charge on any atom is 0.258 e. The van der Waals surface area contributed by atoms with Crippen LogP contribution in [0.1, 0.15) is 5.56 Å². The van der Waals surface area contributed by atoms with Gasteiger partial charge in [0.2, 0.25) is 10.0 Å². The Balaban J connectivity index is 1.93. The zero-order valence-corrected chi connectivity index (χ0v) is 15.3. The van der Waals surface area contributed by atoms with E-state index in [0.717, 1.165) is 9.87 Å². The lowest BCUT2D eigenvalue weighted by Crippen LogP contribution is -2.28. The number of aromatic nitrogens is 1. The van der Waals surface area contributed by atoms with Crippen LogP contribution in [-0.4, -0.2) is 44.3 Å². The maximum atomic E-state index is 12.0. The fourth-order valence-electron chi connectivity index (χ4n) is 1.87. The molecule has 1 aromatic carbocycles. The zero-order valence-electron chi connectivity index (χ0n) is 13.8. The second kappa shape index (κ2) is 8.28. The summed E-state index contributed by atoms with van der Waals surface area (Å²) in [5.41, 5.74) is 0.868. The van der Waals surface area contributed by atoms with E-state index in [-0.39, 0.29) is 28.2 Å². The van der Waals surface area contributed by atoms with E-state index in [2.05, 4.69) is 10.3 Å². The van der Waals surface area contributed by atoms with Crippen molar-refractivity contribution in [3.63, 3.8) is 0 Å². The Morgan fingerprint density at radius 2 is 2.08 bits per heavy atom. The van der Waals surface area contributed by atoms with Gasteiger partial charge in [-0.15, -0.1) is 0 Å². The molecule has 0 radical (unpaired) electrons. The number of hydrogen-bond donors (Lipinski definition) is 1. The summed E-state index contributed by atoms with van der Waals surface area (Å²) in [6, 6.07) is 7.72. The van der Waals surface area contributed by atoms with Crippen molar-refractivity contribution in [1.29, 1.82) is 0 Å². The Labute approximate surface area is 151 Å². The summed E-state index contributed by atoms with van der Waals surface area (Å²) in [5.74, 6) is -0.0965. The SMILES string of the molecule is CN(C)S(=O)(=O)c1ccc(OCC(=O)NCc2cccnc2)c(Cl)c1. The molecule has 0 bridgehead atoms.